The third kappa shape index (κ3) is 3.46. The van der Waals surface area contributed by atoms with E-state index in [9.17, 15) is 0 Å². The minimum absolute atomic E-state index is 0.571. The van der Waals surface area contributed by atoms with Gasteiger partial charge in [-0.05, 0) is 18.6 Å². The summed E-state index contributed by atoms with van der Waals surface area (Å²) in [4.78, 5) is 4.43. The third-order valence-corrected chi connectivity index (χ3v) is 3.89. The minimum Gasteiger partial charge on any atom is -0.334 e. The third-order valence-electron chi connectivity index (χ3n) is 2.93. The zero-order valence-electron chi connectivity index (χ0n) is 11.5. The number of thioether (sulfide) groups is 1. The van der Waals surface area contributed by atoms with Crippen molar-refractivity contribution in [2.45, 2.75) is 19.1 Å². The van der Waals surface area contributed by atoms with Crippen LogP contribution in [0.1, 0.15) is 17.2 Å². The first kappa shape index (κ1) is 13.7. The summed E-state index contributed by atoms with van der Waals surface area (Å²) in [7, 11) is 0. The molecule has 0 saturated carbocycles. The fraction of sp³-hybridized carbons (Fsp3) is 0.308. The molecule has 0 aliphatic rings. The first-order valence-electron chi connectivity index (χ1n) is 6.51. The number of benzene rings is 1. The summed E-state index contributed by atoms with van der Waals surface area (Å²) < 4.78 is 5.32. The van der Waals surface area contributed by atoms with Crippen molar-refractivity contribution in [3.8, 4) is 11.5 Å². The average Bonchev–Trinajstić information content (AvgIpc) is 3.16. The highest BCUT2D eigenvalue weighted by Gasteiger charge is 2.10. The fourth-order valence-corrected chi connectivity index (χ4v) is 2.62. The van der Waals surface area contributed by atoms with Crippen LogP contribution in [0.2, 0.25) is 0 Å². The number of nitrogens with zero attached hydrogens (tertiary/aromatic N) is 5. The van der Waals surface area contributed by atoms with E-state index in [2.05, 4.69) is 30.8 Å². The molecule has 2 aromatic heterocycles. The number of hydrogen-bond donors (Lipinski definition) is 1. The molecule has 21 heavy (non-hydrogen) atoms. The summed E-state index contributed by atoms with van der Waals surface area (Å²) in [5.41, 5.74) is 2.10. The SMILES string of the molecule is Cc1ccccc1-c1nc(CSCCc2nn[nH]n2)no1. The Balaban J connectivity index is 1.55. The summed E-state index contributed by atoms with van der Waals surface area (Å²) in [5.74, 6) is 3.57. The molecule has 0 aliphatic carbocycles. The molecule has 0 saturated heterocycles. The van der Waals surface area contributed by atoms with Gasteiger partial charge in [-0.25, -0.2) is 0 Å². The van der Waals surface area contributed by atoms with Gasteiger partial charge in [-0.2, -0.15) is 22.0 Å². The average molecular weight is 302 g/mol. The Hall–Kier alpha value is -2.22. The van der Waals surface area contributed by atoms with Crippen molar-refractivity contribution >= 4 is 11.8 Å². The van der Waals surface area contributed by atoms with Crippen LogP contribution in [-0.2, 0) is 12.2 Å². The predicted octanol–water partition coefficient (Wildman–Crippen LogP) is 2.03. The van der Waals surface area contributed by atoms with Crippen molar-refractivity contribution in [3.05, 3.63) is 41.5 Å². The summed E-state index contributed by atoms with van der Waals surface area (Å²) in [6.07, 6.45) is 0.768. The van der Waals surface area contributed by atoms with E-state index in [1.54, 1.807) is 11.8 Å². The van der Waals surface area contributed by atoms with E-state index in [0.29, 0.717) is 17.5 Å². The predicted molar refractivity (Wildman–Crippen MR) is 78.5 cm³/mol. The summed E-state index contributed by atoms with van der Waals surface area (Å²) in [5, 5.41) is 17.8. The maximum Gasteiger partial charge on any atom is 0.258 e. The van der Waals surface area contributed by atoms with Crippen molar-refractivity contribution in [2.75, 3.05) is 5.75 Å². The van der Waals surface area contributed by atoms with E-state index in [-0.39, 0.29) is 0 Å². The van der Waals surface area contributed by atoms with Gasteiger partial charge < -0.3 is 4.52 Å². The molecule has 1 N–H and O–H groups in total. The molecular weight excluding hydrogens is 288 g/mol. The van der Waals surface area contributed by atoms with Crippen molar-refractivity contribution < 1.29 is 4.52 Å². The van der Waals surface area contributed by atoms with Crippen LogP contribution < -0.4 is 0 Å². The lowest BCUT2D eigenvalue weighted by Gasteiger charge is -1.97. The molecule has 108 valence electrons. The molecule has 7 nitrogen and oxygen atoms in total. The Morgan fingerprint density at radius 1 is 1.24 bits per heavy atom. The van der Waals surface area contributed by atoms with Gasteiger partial charge in [0.25, 0.3) is 5.89 Å². The molecule has 0 aliphatic heterocycles. The summed E-state index contributed by atoms with van der Waals surface area (Å²) >= 11 is 1.71. The molecule has 3 aromatic rings. The molecule has 0 atom stereocenters. The lowest BCUT2D eigenvalue weighted by atomic mass is 10.1. The van der Waals surface area contributed by atoms with E-state index in [1.807, 2.05) is 31.2 Å². The van der Waals surface area contributed by atoms with E-state index in [1.165, 1.54) is 0 Å². The second-order valence-corrected chi connectivity index (χ2v) is 5.57. The van der Waals surface area contributed by atoms with Crippen LogP contribution in [-0.4, -0.2) is 36.5 Å². The summed E-state index contributed by atoms with van der Waals surface area (Å²) in [6, 6.07) is 7.96. The zero-order valence-corrected chi connectivity index (χ0v) is 12.3. The number of aromatic amines is 1. The Morgan fingerprint density at radius 3 is 2.95 bits per heavy atom. The number of H-pyrrole nitrogens is 1. The highest BCUT2D eigenvalue weighted by atomic mass is 32.2. The molecule has 0 amide bonds. The monoisotopic (exact) mass is 302 g/mol. The van der Waals surface area contributed by atoms with E-state index in [4.69, 9.17) is 4.52 Å². The molecule has 0 bridgehead atoms. The number of tetrazole rings is 1. The number of aromatic nitrogens is 6. The first-order valence-corrected chi connectivity index (χ1v) is 7.67. The van der Waals surface area contributed by atoms with Crippen molar-refractivity contribution in [2.24, 2.45) is 0 Å². The van der Waals surface area contributed by atoms with E-state index in [0.717, 1.165) is 29.1 Å². The number of rotatable bonds is 6. The zero-order chi connectivity index (χ0) is 14.5. The van der Waals surface area contributed by atoms with Gasteiger partial charge in [-0.1, -0.05) is 28.6 Å². The van der Waals surface area contributed by atoms with Gasteiger partial charge >= 0.3 is 0 Å². The molecule has 0 radical (unpaired) electrons. The molecule has 3 rings (SSSR count). The smallest absolute Gasteiger partial charge is 0.258 e. The number of hydrogen-bond acceptors (Lipinski definition) is 7. The van der Waals surface area contributed by atoms with Gasteiger partial charge in [-0.3, -0.25) is 0 Å². The van der Waals surface area contributed by atoms with Crippen LogP contribution in [0.15, 0.2) is 28.8 Å². The maximum atomic E-state index is 5.32. The summed E-state index contributed by atoms with van der Waals surface area (Å²) in [6.45, 7) is 2.03. The lowest BCUT2D eigenvalue weighted by Crippen LogP contribution is -1.93. The first-order chi connectivity index (χ1) is 10.3. The highest BCUT2D eigenvalue weighted by Crippen LogP contribution is 2.22. The molecule has 0 spiro atoms. The van der Waals surface area contributed by atoms with Crippen molar-refractivity contribution in [1.29, 1.82) is 0 Å². The van der Waals surface area contributed by atoms with Gasteiger partial charge in [0.05, 0.1) is 5.75 Å². The molecule has 1 aromatic carbocycles. The minimum atomic E-state index is 0.571. The van der Waals surface area contributed by atoms with Crippen LogP contribution in [0, 0.1) is 6.92 Å². The van der Waals surface area contributed by atoms with Gasteiger partial charge in [0, 0.05) is 17.7 Å². The number of nitrogens with one attached hydrogen (secondary N) is 1. The molecule has 0 unspecified atom stereocenters. The largest absolute Gasteiger partial charge is 0.334 e. The fourth-order valence-electron chi connectivity index (χ4n) is 1.85. The molecular formula is C13H14N6OS. The highest BCUT2D eigenvalue weighted by molar-refractivity contribution is 7.98. The Bertz CT molecular complexity index is 696. The van der Waals surface area contributed by atoms with Gasteiger partial charge in [-0.15, -0.1) is 10.2 Å². The quantitative estimate of drug-likeness (QED) is 0.696. The molecule has 8 heteroatoms. The van der Waals surface area contributed by atoms with E-state index < -0.39 is 0 Å². The number of aryl methyl sites for hydroxylation is 2. The Labute approximate surface area is 125 Å². The van der Waals surface area contributed by atoms with Crippen LogP contribution in [0.25, 0.3) is 11.5 Å². The standard InChI is InChI=1S/C13H14N6OS/c1-9-4-2-3-5-10(9)13-14-12(17-20-13)8-21-7-6-11-15-18-19-16-11/h2-5H,6-8H2,1H3,(H,15,16,18,19). The normalized spacial score (nSPS) is 10.9. The van der Waals surface area contributed by atoms with Crippen molar-refractivity contribution in [3.63, 3.8) is 0 Å². The van der Waals surface area contributed by atoms with Crippen LogP contribution in [0.5, 0.6) is 0 Å². The second kappa shape index (κ2) is 6.49. The lowest BCUT2D eigenvalue weighted by molar-refractivity contribution is 0.425. The maximum absolute atomic E-state index is 5.32. The van der Waals surface area contributed by atoms with Crippen molar-refractivity contribution in [1.82, 2.24) is 30.8 Å². The van der Waals surface area contributed by atoms with Gasteiger partial charge in [0.15, 0.2) is 11.6 Å². The van der Waals surface area contributed by atoms with Crippen LogP contribution >= 0.6 is 11.8 Å². The van der Waals surface area contributed by atoms with Crippen LogP contribution in [0.3, 0.4) is 0 Å². The van der Waals surface area contributed by atoms with Gasteiger partial charge in [0.2, 0.25) is 0 Å². The Kier molecular flexibility index (Phi) is 4.25. The van der Waals surface area contributed by atoms with Crippen LogP contribution in [0.4, 0.5) is 0 Å². The Morgan fingerprint density at radius 2 is 2.14 bits per heavy atom. The molecule has 2 heterocycles. The second-order valence-electron chi connectivity index (χ2n) is 4.46. The van der Waals surface area contributed by atoms with E-state index >= 15 is 0 Å². The van der Waals surface area contributed by atoms with Gasteiger partial charge in [0.1, 0.15) is 0 Å². The molecule has 0 fully saturated rings. The topological polar surface area (TPSA) is 93.4 Å².